The van der Waals surface area contributed by atoms with Crippen LogP contribution in [-0.2, 0) is 4.79 Å². The minimum atomic E-state index is -2.91. The topological polar surface area (TPSA) is 93.5 Å². The van der Waals surface area contributed by atoms with Crippen molar-refractivity contribution in [3.63, 3.8) is 0 Å². The van der Waals surface area contributed by atoms with Crippen LogP contribution in [0.15, 0.2) is 41.8 Å². The molecular formula is C15H15F2N3O3S. The van der Waals surface area contributed by atoms with Gasteiger partial charge in [0.05, 0.1) is 12.5 Å². The number of urea groups is 1. The fourth-order valence-corrected chi connectivity index (χ4v) is 2.78. The zero-order chi connectivity index (χ0) is 17.5. The molecule has 0 aliphatic rings. The number of nitrogens with two attached hydrogens (primary N) is 1. The normalized spacial score (nSPS) is 11.8. The SMILES string of the molecule is NC(=O)N[C@H](CC(=O)Nc1ccc(OC(F)F)cc1)c1cccs1. The molecule has 0 radical (unpaired) electrons. The lowest BCUT2D eigenvalue weighted by atomic mass is 10.1. The lowest BCUT2D eigenvalue weighted by molar-refractivity contribution is -0.116. The number of nitrogens with one attached hydrogen (secondary N) is 2. The monoisotopic (exact) mass is 355 g/mol. The van der Waals surface area contributed by atoms with E-state index in [-0.39, 0.29) is 18.1 Å². The first-order valence-electron chi connectivity index (χ1n) is 6.88. The number of halogens is 2. The van der Waals surface area contributed by atoms with Crippen molar-refractivity contribution < 1.29 is 23.1 Å². The van der Waals surface area contributed by atoms with Gasteiger partial charge in [-0.15, -0.1) is 11.3 Å². The van der Waals surface area contributed by atoms with Crippen molar-refractivity contribution in [2.75, 3.05) is 5.32 Å². The molecule has 9 heteroatoms. The van der Waals surface area contributed by atoms with Crippen LogP contribution < -0.4 is 21.1 Å². The number of carbonyl (C=O) groups is 2. The fourth-order valence-electron chi connectivity index (χ4n) is 2.00. The maximum Gasteiger partial charge on any atom is 0.387 e. The van der Waals surface area contributed by atoms with E-state index < -0.39 is 18.7 Å². The number of rotatable bonds is 7. The number of ether oxygens (including phenoxy) is 1. The van der Waals surface area contributed by atoms with E-state index >= 15 is 0 Å². The average Bonchev–Trinajstić information content (AvgIpc) is 3.02. The number of benzene rings is 1. The van der Waals surface area contributed by atoms with Crippen molar-refractivity contribution in [1.82, 2.24) is 5.32 Å². The van der Waals surface area contributed by atoms with Gasteiger partial charge in [0.25, 0.3) is 0 Å². The maximum atomic E-state index is 12.1. The van der Waals surface area contributed by atoms with Crippen LogP contribution in [0.3, 0.4) is 0 Å². The molecule has 0 unspecified atom stereocenters. The lowest BCUT2D eigenvalue weighted by Gasteiger charge is -2.16. The Kier molecular flexibility index (Phi) is 6.07. The van der Waals surface area contributed by atoms with E-state index in [9.17, 15) is 18.4 Å². The van der Waals surface area contributed by atoms with Crippen molar-refractivity contribution >= 4 is 29.0 Å². The molecule has 2 rings (SSSR count). The second-order valence-electron chi connectivity index (χ2n) is 4.73. The van der Waals surface area contributed by atoms with E-state index in [2.05, 4.69) is 15.4 Å². The Balaban J connectivity index is 1.96. The van der Waals surface area contributed by atoms with Gasteiger partial charge >= 0.3 is 12.6 Å². The second kappa shape index (κ2) is 8.25. The summed E-state index contributed by atoms with van der Waals surface area (Å²) < 4.78 is 28.4. The summed E-state index contributed by atoms with van der Waals surface area (Å²) in [6.45, 7) is -2.91. The molecule has 1 aromatic carbocycles. The predicted octanol–water partition coefficient (Wildman–Crippen LogP) is 3.09. The molecule has 1 atom stereocenters. The first-order valence-corrected chi connectivity index (χ1v) is 7.76. The van der Waals surface area contributed by atoms with Gasteiger partial charge in [-0.2, -0.15) is 8.78 Å². The number of anilines is 1. The van der Waals surface area contributed by atoms with E-state index in [1.54, 1.807) is 12.1 Å². The Labute approximate surface area is 140 Å². The maximum absolute atomic E-state index is 12.1. The van der Waals surface area contributed by atoms with E-state index in [0.29, 0.717) is 5.69 Å². The van der Waals surface area contributed by atoms with Crippen LogP contribution in [0.1, 0.15) is 17.3 Å². The van der Waals surface area contributed by atoms with E-state index in [0.717, 1.165) is 4.88 Å². The van der Waals surface area contributed by atoms with E-state index in [1.165, 1.54) is 35.6 Å². The molecule has 0 aliphatic heterocycles. The summed E-state index contributed by atoms with van der Waals surface area (Å²) >= 11 is 1.39. The molecule has 0 spiro atoms. The molecule has 6 nitrogen and oxygen atoms in total. The van der Waals surface area contributed by atoms with Gasteiger partial charge in [-0.05, 0) is 35.7 Å². The molecule has 1 aromatic heterocycles. The Bertz CT molecular complexity index is 678. The van der Waals surface area contributed by atoms with Crippen LogP contribution in [0.5, 0.6) is 5.75 Å². The molecule has 0 saturated carbocycles. The Morgan fingerprint density at radius 1 is 1.21 bits per heavy atom. The molecule has 0 bridgehead atoms. The van der Waals surface area contributed by atoms with E-state index in [1.807, 2.05) is 5.38 Å². The van der Waals surface area contributed by atoms with Crippen molar-refractivity contribution in [1.29, 1.82) is 0 Å². The van der Waals surface area contributed by atoms with Crippen LogP contribution in [0.4, 0.5) is 19.3 Å². The summed E-state index contributed by atoms with van der Waals surface area (Å²) in [5.74, 6) is -0.362. The first kappa shape index (κ1) is 17.7. The van der Waals surface area contributed by atoms with Gasteiger partial charge in [0.2, 0.25) is 5.91 Å². The number of carbonyl (C=O) groups excluding carboxylic acids is 2. The Hall–Kier alpha value is -2.68. The van der Waals surface area contributed by atoms with Crippen molar-refractivity contribution in [3.05, 3.63) is 46.7 Å². The van der Waals surface area contributed by atoms with Gasteiger partial charge in [0.1, 0.15) is 5.75 Å². The third-order valence-electron chi connectivity index (χ3n) is 2.96. The average molecular weight is 355 g/mol. The molecule has 128 valence electrons. The third kappa shape index (κ3) is 5.51. The van der Waals surface area contributed by atoms with Crippen LogP contribution in [0.2, 0.25) is 0 Å². The number of hydrogen-bond donors (Lipinski definition) is 3. The highest BCUT2D eigenvalue weighted by atomic mass is 32.1. The summed E-state index contributed by atoms with van der Waals surface area (Å²) in [6.07, 6.45) is -0.0151. The molecule has 3 amide bonds. The van der Waals surface area contributed by atoms with Gasteiger partial charge < -0.3 is 21.1 Å². The zero-order valence-corrected chi connectivity index (χ0v) is 13.2. The van der Waals surface area contributed by atoms with Crippen molar-refractivity contribution in [3.8, 4) is 5.75 Å². The molecule has 1 heterocycles. The van der Waals surface area contributed by atoms with Crippen molar-refractivity contribution in [2.24, 2.45) is 5.73 Å². The Morgan fingerprint density at radius 2 is 1.92 bits per heavy atom. The summed E-state index contributed by atoms with van der Waals surface area (Å²) in [5, 5.41) is 6.96. The largest absolute Gasteiger partial charge is 0.435 e. The second-order valence-corrected chi connectivity index (χ2v) is 5.71. The minimum Gasteiger partial charge on any atom is -0.435 e. The summed E-state index contributed by atoms with van der Waals surface area (Å²) in [4.78, 5) is 24.0. The number of alkyl halides is 2. The number of thiophene rings is 1. The minimum absolute atomic E-state index is 0.00476. The van der Waals surface area contributed by atoms with Crippen LogP contribution in [-0.4, -0.2) is 18.5 Å². The van der Waals surface area contributed by atoms with Crippen LogP contribution in [0, 0.1) is 0 Å². The number of amides is 3. The van der Waals surface area contributed by atoms with Crippen LogP contribution >= 0.6 is 11.3 Å². The first-order chi connectivity index (χ1) is 11.4. The third-order valence-corrected chi connectivity index (χ3v) is 3.94. The zero-order valence-electron chi connectivity index (χ0n) is 12.4. The smallest absolute Gasteiger partial charge is 0.387 e. The Morgan fingerprint density at radius 3 is 2.46 bits per heavy atom. The quantitative estimate of drug-likeness (QED) is 0.712. The number of primary amides is 1. The molecule has 0 saturated heterocycles. The van der Waals surface area contributed by atoms with Gasteiger partial charge in [-0.25, -0.2) is 4.79 Å². The summed E-state index contributed by atoms with van der Waals surface area (Å²) in [5.41, 5.74) is 5.55. The van der Waals surface area contributed by atoms with Gasteiger partial charge in [-0.3, -0.25) is 4.79 Å². The molecular weight excluding hydrogens is 340 g/mol. The highest BCUT2D eigenvalue weighted by molar-refractivity contribution is 7.10. The summed E-state index contributed by atoms with van der Waals surface area (Å²) in [7, 11) is 0. The molecule has 2 aromatic rings. The van der Waals surface area contributed by atoms with Crippen LogP contribution in [0.25, 0.3) is 0 Å². The standard InChI is InChI=1S/C15H15F2N3O3S/c16-14(17)23-10-5-3-9(4-6-10)19-13(21)8-11(20-15(18)22)12-2-1-7-24-12/h1-7,11,14H,8H2,(H,19,21)(H3,18,20,22)/t11-/m1/s1. The molecule has 4 N–H and O–H groups in total. The van der Waals surface area contributed by atoms with Gasteiger partial charge in [0.15, 0.2) is 0 Å². The fraction of sp³-hybridized carbons (Fsp3) is 0.200. The highest BCUT2D eigenvalue weighted by Gasteiger charge is 2.18. The number of hydrogen-bond acceptors (Lipinski definition) is 4. The molecule has 0 fully saturated rings. The molecule has 0 aliphatic carbocycles. The van der Waals surface area contributed by atoms with E-state index in [4.69, 9.17) is 5.73 Å². The van der Waals surface area contributed by atoms with Gasteiger partial charge in [-0.1, -0.05) is 6.07 Å². The highest BCUT2D eigenvalue weighted by Crippen LogP contribution is 2.23. The molecule has 24 heavy (non-hydrogen) atoms. The predicted molar refractivity (Wildman–Crippen MR) is 86.1 cm³/mol. The van der Waals surface area contributed by atoms with Crippen molar-refractivity contribution in [2.45, 2.75) is 19.1 Å². The summed E-state index contributed by atoms with van der Waals surface area (Å²) in [6, 6.07) is 7.85. The lowest BCUT2D eigenvalue weighted by Crippen LogP contribution is -2.34. The van der Waals surface area contributed by atoms with Gasteiger partial charge in [0, 0.05) is 10.6 Å².